The fraction of sp³-hybridized carbons (Fsp3) is 0.467. The summed E-state index contributed by atoms with van der Waals surface area (Å²) in [5.41, 5.74) is 2.28. The molecular weight excluding hydrogens is 322 g/mol. The summed E-state index contributed by atoms with van der Waals surface area (Å²) < 4.78 is 0.814. The molecule has 2 N–H and O–H groups in total. The van der Waals surface area contributed by atoms with Crippen molar-refractivity contribution in [1.29, 1.82) is 0 Å². The van der Waals surface area contributed by atoms with E-state index in [2.05, 4.69) is 21.2 Å². The van der Waals surface area contributed by atoms with Gasteiger partial charge in [-0.1, -0.05) is 19.9 Å². The molecule has 2 atom stereocenters. The second-order valence-electron chi connectivity index (χ2n) is 6.04. The highest BCUT2D eigenvalue weighted by Gasteiger charge is 2.65. The lowest BCUT2D eigenvalue weighted by Gasteiger charge is -2.12. The van der Waals surface area contributed by atoms with Crippen LogP contribution in [0, 0.1) is 31.1 Å². The van der Waals surface area contributed by atoms with Gasteiger partial charge >= 0.3 is 5.97 Å². The summed E-state index contributed by atoms with van der Waals surface area (Å²) in [6, 6.07) is 3.91. The largest absolute Gasteiger partial charge is 0.481 e. The number of halogens is 1. The lowest BCUT2D eigenvalue weighted by atomic mass is 10.1. The Balaban J connectivity index is 2.20. The minimum atomic E-state index is -0.908. The van der Waals surface area contributed by atoms with Gasteiger partial charge in [0.15, 0.2) is 0 Å². The fourth-order valence-electron chi connectivity index (χ4n) is 2.86. The number of carboxylic acid groups (broad SMARTS) is 1. The molecule has 0 aliphatic heterocycles. The number of carbonyl (C=O) groups excluding carboxylic acids is 1. The van der Waals surface area contributed by atoms with Crippen molar-refractivity contribution in [3.63, 3.8) is 0 Å². The Morgan fingerprint density at radius 2 is 1.85 bits per heavy atom. The van der Waals surface area contributed by atoms with Crippen molar-refractivity contribution < 1.29 is 14.7 Å². The number of hydrogen-bond donors (Lipinski definition) is 2. The number of carbonyl (C=O) groups is 2. The predicted octanol–water partition coefficient (Wildman–Crippen LogP) is 3.36. The molecule has 0 aromatic heterocycles. The lowest BCUT2D eigenvalue weighted by molar-refractivity contribution is -0.140. The Labute approximate surface area is 126 Å². The van der Waals surface area contributed by atoms with Crippen LogP contribution in [0.4, 0.5) is 5.69 Å². The van der Waals surface area contributed by atoms with Crippen LogP contribution in [0.25, 0.3) is 0 Å². The molecule has 4 nitrogen and oxygen atoms in total. The Morgan fingerprint density at radius 3 is 2.30 bits per heavy atom. The third kappa shape index (κ3) is 2.46. The van der Waals surface area contributed by atoms with Crippen LogP contribution in [0.3, 0.4) is 0 Å². The van der Waals surface area contributed by atoms with E-state index in [0.29, 0.717) is 5.69 Å². The van der Waals surface area contributed by atoms with E-state index < -0.39 is 23.2 Å². The number of benzene rings is 1. The second-order valence-corrected chi connectivity index (χ2v) is 6.90. The van der Waals surface area contributed by atoms with Crippen molar-refractivity contribution in [2.24, 2.45) is 17.3 Å². The fourth-order valence-corrected chi connectivity index (χ4v) is 3.64. The van der Waals surface area contributed by atoms with Crippen LogP contribution < -0.4 is 5.32 Å². The number of aliphatic carboxylic acids is 1. The summed E-state index contributed by atoms with van der Waals surface area (Å²) in [7, 11) is 0. The molecule has 0 saturated heterocycles. The molecule has 20 heavy (non-hydrogen) atoms. The highest BCUT2D eigenvalue weighted by Crippen LogP contribution is 2.58. The van der Waals surface area contributed by atoms with E-state index in [9.17, 15) is 9.59 Å². The van der Waals surface area contributed by atoms with E-state index in [-0.39, 0.29) is 5.91 Å². The van der Waals surface area contributed by atoms with E-state index in [4.69, 9.17) is 5.11 Å². The van der Waals surface area contributed by atoms with Crippen LogP contribution in [0.1, 0.15) is 25.0 Å². The Kier molecular flexibility index (Phi) is 3.67. The summed E-state index contributed by atoms with van der Waals surface area (Å²) in [6.45, 7) is 7.52. The molecule has 0 spiro atoms. The lowest BCUT2D eigenvalue weighted by Crippen LogP contribution is -2.18. The van der Waals surface area contributed by atoms with Crippen LogP contribution in [0.5, 0.6) is 0 Å². The van der Waals surface area contributed by atoms with Crippen LogP contribution in [-0.4, -0.2) is 17.0 Å². The topological polar surface area (TPSA) is 66.4 Å². The molecule has 1 saturated carbocycles. The van der Waals surface area contributed by atoms with Gasteiger partial charge in [0.05, 0.1) is 17.5 Å². The smallest absolute Gasteiger partial charge is 0.307 e. The summed E-state index contributed by atoms with van der Waals surface area (Å²) in [4.78, 5) is 23.4. The number of rotatable bonds is 3. The normalized spacial score (nSPS) is 23.2. The van der Waals surface area contributed by atoms with Gasteiger partial charge in [-0.3, -0.25) is 9.59 Å². The number of hydrogen-bond acceptors (Lipinski definition) is 2. The molecule has 2 rings (SSSR count). The number of nitrogens with one attached hydrogen (secondary N) is 1. The SMILES string of the molecule is Cc1cc(C)c(NC(=O)C2C(C(=O)O)C2(C)C)c(Br)c1. The summed E-state index contributed by atoms with van der Waals surface area (Å²) in [5.74, 6) is -2.22. The summed E-state index contributed by atoms with van der Waals surface area (Å²) in [6.07, 6.45) is 0. The van der Waals surface area contributed by atoms with E-state index in [1.165, 1.54) is 0 Å². The first-order valence-electron chi connectivity index (χ1n) is 6.46. The maximum atomic E-state index is 12.3. The van der Waals surface area contributed by atoms with Crippen molar-refractivity contribution >= 4 is 33.5 Å². The molecule has 5 heteroatoms. The van der Waals surface area contributed by atoms with Crippen molar-refractivity contribution in [1.82, 2.24) is 0 Å². The molecule has 1 aromatic carbocycles. The molecule has 2 unspecified atom stereocenters. The van der Waals surface area contributed by atoms with Gasteiger partial charge < -0.3 is 10.4 Å². The summed E-state index contributed by atoms with van der Waals surface area (Å²) in [5, 5.41) is 12.0. The quantitative estimate of drug-likeness (QED) is 0.887. The van der Waals surface area contributed by atoms with Gasteiger partial charge in [-0.15, -0.1) is 0 Å². The van der Waals surface area contributed by atoms with Crippen LogP contribution in [-0.2, 0) is 9.59 Å². The minimum absolute atomic E-state index is 0.227. The average molecular weight is 340 g/mol. The first-order chi connectivity index (χ1) is 9.16. The Hall–Kier alpha value is -1.36. The third-order valence-corrected chi connectivity index (χ3v) is 4.68. The monoisotopic (exact) mass is 339 g/mol. The number of anilines is 1. The van der Waals surface area contributed by atoms with Crippen molar-refractivity contribution in [3.05, 3.63) is 27.7 Å². The highest BCUT2D eigenvalue weighted by molar-refractivity contribution is 9.10. The minimum Gasteiger partial charge on any atom is -0.481 e. The predicted molar refractivity (Wildman–Crippen MR) is 80.6 cm³/mol. The molecule has 0 radical (unpaired) electrons. The second kappa shape index (κ2) is 4.88. The van der Waals surface area contributed by atoms with Crippen molar-refractivity contribution in [2.45, 2.75) is 27.7 Å². The molecule has 1 amide bonds. The van der Waals surface area contributed by atoms with Gasteiger partial charge in [-0.2, -0.15) is 0 Å². The molecule has 0 bridgehead atoms. The molecule has 1 aromatic rings. The Morgan fingerprint density at radius 1 is 1.25 bits per heavy atom. The zero-order chi connectivity index (χ0) is 15.2. The first kappa shape index (κ1) is 15.0. The van der Waals surface area contributed by atoms with Gasteiger partial charge in [0, 0.05) is 4.47 Å². The molecular formula is C15H18BrNO3. The maximum Gasteiger partial charge on any atom is 0.307 e. The third-order valence-electron chi connectivity index (χ3n) is 4.06. The first-order valence-corrected chi connectivity index (χ1v) is 7.26. The number of aryl methyl sites for hydroxylation is 2. The van der Waals surface area contributed by atoms with Gasteiger partial charge in [0.2, 0.25) is 5.91 Å². The molecule has 1 aliphatic rings. The molecule has 108 valence electrons. The standard InChI is InChI=1S/C15H18BrNO3/c1-7-5-8(2)12(9(16)6-7)17-13(18)10-11(14(19)20)15(10,3)4/h5-6,10-11H,1-4H3,(H,17,18)(H,19,20). The summed E-state index contributed by atoms with van der Waals surface area (Å²) >= 11 is 3.44. The number of amides is 1. The van der Waals surface area contributed by atoms with Gasteiger partial charge in [-0.05, 0) is 52.4 Å². The van der Waals surface area contributed by atoms with Crippen molar-refractivity contribution in [2.75, 3.05) is 5.32 Å². The zero-order valence-corrected chi connectivity index (χ0v) is 13.5. The van der Waals surface area contributed by atoms with E-state index in [1.54, 1.807) is 0 Å². The Bertz CT molecular complexity index is 572. The van der Waals surface area contributed by atoms with Gasteiger partial charge in [0.1, 0.15) is 0 Å². The zero-order valence-electron chi connectivity index (χ0n) is 12.0. The van der Waals surface area contributed by atoms with E-state index in [1.807, 2.05) is 39.8 Å². The molecule has 1 fully saturated rings. The maximum absolute atomic E-state index is 12.3. The van der Waals surface area contributed by atoms with Gasteiger partial charge in [-0.25, -0.2) is 0 Å². The highest BCUT2D eigenvalue weighted by atomic mass is 79.9. The van der Waals surface area contributed by atoms with Gasteiger partial charge in [0.25, 0.3) is 0 Å². The molecule has 1 aliphatic carbocycles. The van der Waals surface area contributed by atoms with E-state index in [0.717, 1.165) is 15.6 Å². The van der Waals surface area contributed by atoms with Crippen LogP contribution >= 0.6 is 15.9 Å². The number of carboxylic acids is 1. The molecule has 0 heterocycles. The van der Waals surface area contributed by atoms with Crippen LogP contribution in [0.15, 0.2) is 16.6 Å². The van der Waals surface area contributed by atoms with Crippen LogP contribution in [0.2, 0.25) is 0 Å². The van der Waals surface area contributed by atoms with Crippen molar-refractivity contribution in [3.8, 4) is 0 Å². The van der Waals surface area contributed by atoms with E-state index >= 15 is 0 Å². The average Bonchev–Trinajstić information content (AvgIpc) is 2.86.